The van der Waals surface area contributed by atoms with Gasteiger partial charge in [-0.15, -0.1) is 0 Å². The topological polar surface area (TPSA) is 13.1 Å². The van der Waals surface area contributed by atoms with Crippen molar-refractivity contribution in [2.45, 2.75) is 38.5 Å². The minimum absolute atomic E-state index is 0.0704. The van der Waals surface area contributed by atoms with Crippen LogP contribution in [0.15, 0.2) is 150 Å². The first-order chi connectivity index (χ1) is 24.8. The molecule has 0 N–H and O–H groups in total. The van der Waals surface area contributed by atoms with E-state index in [-0.39, 0.29) is 10.8 Å². The van der Waals surface area contributed by atoms with Gasteiger partial charge in [-0.3, -0.25) is 0 Å². The summed E-state index contributed by atoms with van der Waals surface area (Å²) in [6.45, 7) is 9.64. The summed E-state index contributed by atoms with van der Waals surface area (Å²) >= 11 is 0. The van der Waals surface area contributed by atoms with Crippen LogP contribution in [0.25, 0.3) is 88.0 Å². The largest absolute Gasteiger partial charge is 0.456 e. The maximum absolute atomic E-state index is 6.38. The molecule has 0 aliphatic heterocycles. The second kappa shape index (κ2) is 9.86. The Kier molecular flexibility index (Phi) is 5.58. The van der Waals surface area contributed by atoms with Crippen molar-refractivity contribution in [1.29, 1.82) is 0 Å². The molecule has 51 heavy (non-hydrogen) atoms. The van der Waals surface area contributed by atoms with Crippen molar-refractivity contribution in [3.8, 4) is 44.5 Å². The number of para-hydroxylation sites is 1. The lowest BCUT2D eigenvalue weighted by atomic mass is 9.77. The summed E-state index contributed by atoms with van der Waals surface area (Å²) < 4.78 is 6.38. The molecule has 9 aromatic rings. The lowest BCUT2D eigenvalue weighted by molar-refractivity contribution is 0.647. The molecular formula is C50H36O. The van der Waals surface area contributed by atoms with Crippen LogP contribution in [0.5, 0.6) is 0 Å². The highest BCUT2D eigenvalue weighted by Crippen LogP contribution is 2.59. The van der Waals surface area contributed by atoms with Crippen LogP contribution >= 0.6 is 0 Å². The molecule has 0 unspecified atom stereocenters. The lowest BCUT2D eigenvalue weighted by Crippen LogP contribution is -2.18. The average molecular weight is 653 g/mol. The van der Waals surface area contributed by atoms with Gasteiger partial charge >= 0.3 is 0 Å². The van der Waals surface area contributed by atoms with Crippen LogP contribution in [0.3, 0.4) is 0 Å². The van der Waals surface area contributed by atoms with E-state index in [2.05, 4.69) is 167 Å². The highest BCUT2D eigenvalue weighted by atomic mass is 16.3. The van der Waals surface area contributed by atoms with Gasteiger partial charge in [0.25, 0.3) is 0 Å². The molecule has 8 aromatic carbocycles. The summed E-state index contributed by atoms with van der Waals surface area (Å²) in [6.07, 6.45) is 0. The predicted octanol–water partition coefficient (Wildman–Crippen LogP) is 13.8. The van der Waals surface area contributed by atoms with Crippen LogP contribution in [-0.4, -0.2) is 0 Å². The van der Waals surface area contributed by atoms with Crippen molar-refractivity contribution in [3.05, 3.63) is 168 Å². The van der Waals surface area contributed by atoms with E-state index in [1.165, 1.54) is 93.7 Å². The Morgan fingerprint density at radius 3 is 1.71 bits per heavy atom. The molecule has 0 radical (unpaired) electrons. The molecule has 0 amide bonds. The van der Waals surface area contributed by atoms with E-state index in [0.717, 1.165) is 16.6 Å². The van der Waals surface area contributed by atoms with Crippen LogP contribution in [0.1, 0.15) is 49.9 Å². The van der Waals surface area contributed by atoms with Gasteiger partial charge < -0.3 is 4.42 Å². The van der Waals surface area contributed by atoms with Gasteiger partial charge in [-0.05, 0) is 107 Å². The van der Waals surface area contributed by atoms with E-state index in [1.54, 1.807) is 0 Å². The van der Waals surface area contributed by atoms with E-state index >= 15 is 0 Å². The smallest absolute Gasteiger partial charge is 0.136 e. The lowest BCUT2D eigenvalue weighted by Gasteiger charge is -2.26. The maximum atomic E-state index is 6.38. The standard InChI is InChI=1S/C50H36O/c1-49(2)40-27-26-35-30-14-9-11-21-39(30)50(3,4)48(35)47(40)36-25-24-29(28-41(36)49)44-31-15-5-7-17-33(31)45(34-18-8-6-16-32(34)44)38-20-13-23-43-46(38)37-19-10-12-22-42(37)51-43/h5-28H,1-4H3. The third-order valence-electron chi connectivity index (χ3n) is 12.2. The van der Waals surface area contributed by atoms with E-state index in [0.29, 0.717) is 0 Å². The van der Waals surface area contributed by atoms with E-state index in [9.17, 15) is 0 Å². The SMILES string of the molecule is CC1(C)c2cc(-c3c4ccccc4c(-c4cccc5oc6ccccc6c45)c4ccccc34)ccc2-c2c1ccc1c2C(C)(C)c2ccccc2-1. The Morgan fingerprint density at radius 2 is 0.961 bits per heavy atom. The number of furan rings is 1. The highest BCUT2D eigenvalue weighted by molar-refractivity contribution is 6.25. The highest BCUT2D eigenvalue weighted by Gasteiger charge is 2.44. The molecule has 11 rings (SSSR count). The summed E-state index contributed by atoms with van der Waals surface area (Å²) in [6, 6.07) is 54.0. The van der Waals surface area contributed by atoms with Crippen LogP contribution in [-0.2, 0) is 10.8 Å². The first-order valence-electron chi connectivity index (χ1n) is 18.1. The zero-order chi connectivity index (χ0) is 34.2. The summed E-state index contributed by atoms with van der Waals surface area (Å²) in [5, 5.41) is 7.36. The zero-order valence-corrected chi connectivity index (χ0v) is 29.3. The molecule has 0 fully saturated rings. The van der Waals surface area contributed by atoms with Gasteiger partial charge in [-0.25, -0.2) is 0 Å². The Labute approximate surface area is 297 Å². The van der Waals surface area contributed by atoms with Gasteiger partial charge in [0.15, 0.2) is 0 Å². The molecule has 1 heterocycles. The number of benzene rings is 8. The van der Waals surface area contributed by atoms with Crippen molar-refractivity contribution in [2.75, 3.05) is 0 Å². The molecule has 0 saturated carbocycles. The quantitative estimate of drug-likeness (QED) is 0.169. The van der Waals surface area contributed by atoms with Crippen molar-refractivity contribution >= 4 is 43.5 Å². The summed E-state index contributed by atoms with van der Waals surface area (Å²) in [7, 11) is 0. The van der Waals surface area contributed by atoms with Crippen molar-refractivity contribution in [2.24, 2.45) is 0 Å². The molecular weight excluding hydrogens is 617 g/mol. The Morgan fingerprint density at radius 1 is 0.373 bits per heavy atom. The van der Waals surface area contributed by atoms with E-state index < -0.39 is 0 Å². The molecule has 0 atom stereocenters. The van der Waals surface area contributed by atoms with Crippen LogP contribution in [0.2, 0.25) is 0 Å². The maximum Gasteiger partial charge on any atom is 0.136 e. The van der Waals surface area contributed by atoms with Crippen molar-refractivity contribution < 1.29 is 4.42 Å². The second-order valence-corrected chi connectivity index (χ2v) is 15.6. The third-order valence-corrected chi connectivity index (χ3v) is 12.2. The van der Waals surface area contributed by atoms with Gasteiger partial charge in [-0.2, -0.15) is 0 Å². The monoisotopic (exact) mass is 652 g/mol. The number of hydrogen-bond acceptors (Lipinski definition) is 1. The van der Waals surface area contributed by atoms with Gasteiger partial charge in [-0.1, -0.05) is 155 Å². The van der Waals surface area contributed by atoms with Crippen LogP contribution < -0.4 is 0 Å². The van der Waals surface area contributed by atoms with Crippen LogP contribution in [0.4, 0.5) is 0 Å². The number of rotatable bonds is 2. The molecule has 0 spiro atoms. The molecule has 0 saturated heterocycles. The third kappa shape index (κ3) is 3.66. The number of fused-ring (bicyclic) bond motifs is 12. The fraction of sp³-hybridized carbons (Fsp3) is 0.120. The summed E-state index contributed by atoms with van der Waals surface area (Å²) in [4.78, 5) is 0. The molecule has 2 aliphatic carbocycles. The first kappa shape index (κ1) is 28.9. The fourth-order valence-electron chi connectivity index (χ4n) is 9.97. The Bertz CT molecular complexity index is 2910. The van der Waals surface area contributed by atoms with E-state index in [4.69, 9.17) is 4.42 Å². The fourth-order valence-corrected chi connectivity index (χ4v) is 9.97. The summed E-state index contributed by atoms with van der Waals surface area (Å²) in [5.41, 5.74) is 18.0. The molecule has 0 bridgehead atoms. The molecule has 1 nitrogen and oxygen atoms in total. The van der Waals surface area contributed by atoms with Gasteiger partial charge in [0.2, 0.25) is 0 Å². The van der Waals surface area contributed by atoms with Gasteiger partial charge in [0.1, 0.15) is 11.2 Å². The van der Waals surface area contributed by atoms with Gasteiger partial charge in [0.05, 0.1) is 0 Å². The molecule has 2 aliphatic rings. The predicted molar refractivity (Wildman–Crippen MR) is 215 cm³/mol. The van der Waals surface area contributed by atoms with Gasteiger partial charge in [0, 0.05) is 21.6 Å². The average Bonchev–Trinajstić information content (AvgIpc) is 3.73. The minimum Gasteiger partial charge on any atom is -0.456 e. The second-order valence-electron chi connectivity index (χ2n) is 15.6. The molecule has 242 valence electrons. The zero-order valence-electron chi connectivity index (χ0n) is 29.3. The van der Waals surface area contributed by atoms with Crippen LogP contribution in [0, 0.1) is 0 Å². The van der Waals surface area contributed by atoms with Crippen molar-refractivity contribution in [3.63, 3.8) is 0 Å². The normalized spacial score (nSPS) is 15.0. The van der Waals surface area contributed by atoms with E-state index in [1.807, 2.05) is 6.07 Å². The Hall–Kier alpha value is -5.92. The molecule has 1 heteroatoms. The molecule has 1 aromatic heterocycles. The summed E-state index contributed by atoms with van der Waals surface area (Å²) in [5.74, 6) is 0. The first-order valence-corrected chi connectivity index (χ1v) is 18.1. The number of hydrogen-bond donors (Lipinski definition) is 0. The minimum atomic E-state index is -0.135. The Balaban J connectivity index is 1.18. The van der Waals surface area contributed by atoms with Crippen molar-refractivity contribution in [1.82, 2.24) is 0 Å².